The van der Waals surface area contributed by atoms with Gasteiger partial charge in [-0.05, 0) is 42.3 Å². The number of nitrogens with one attached hydrogen (secondary N) is 4. The number of para-hydroxylation sites is 1. The molecule has 0 aliphatic carbocycles. The van der Waals surface area contributed by atoms with E-state index >= 15 is 0 Å². The van der Waals surface area contributed by atoms with Gasteiger partial charge in [-0.25, -0.2) is 4.79 Å². The lowest BCUT2D eigenvalue weighted by Gasteiger charge is -2.17. The van der Waals surface area contributed by atoms with Crippen molar-refractivity contribution in [3.8, 4) is 0 Å². The summed E-state index contributed by atoms with van der Waals surface area (Å²) in [6.45, 7) is 3.76. The smallest absolute Gasteiger partial charge is 0.319 e. The maximum absolute atomic E-state index is 12.3. The molecule has 0 radical (unpaired) electrons. The number of H-pyrrole nitrogens is 1. The Balaban J connectivity index is 1.57. The van der Waals surface area contributed by atoms with Gasteiger partial charge in [-0.15, -0.1) is 6.58 Å². The minimum absolute atomic E-state index is 0.185. The number of rotatable bonds is 8. The molecule has 0 fully saturated rings. The summed E-state index contributed by atoms with van der Waals surface area (Å²) < 4.78 is 0. The standard InChI is InChI=1S/C22H24N4O3/c1-2-11-23-21(28)15-7-9-17(10-8-15)25-22(29)26-18(14-27)12-16-13-24-20-6-4-3-5-19(16)20/h2-10,13,18,24,27H,1,11-12,14H2,(H,23,28)(H2,25,26,29). The zero-order chi connectivity index (χ0) is 20.6. The summed E-state index contributed by atoms with van der Waals surface area (Å²) in [6, 6.07) is 13.6. The Bertz CT molecular complexity index is 995. The molecule has 7 nitrogen and oxygen atoms in total. The van der Waals surface area contributed by atoms with Crippen LogP contribution in [0.4, 0.5) is 10.5 Å². The first-order chi connectivity index (χ1) is 14.1. The van der Waals surface area contributed by atoms with Crippen LogP contribution >= 0.6 is 0 Å². The van der Waals surface area contributed by atoms with Gasteiger partial charge >= 0.3 is 6.03 Å². The van der Waals surface area contributed by atoms with E-state index in [0.717, 1.165) is 16.5 Å². The maximum Gasteiger partial charge on any atom is 0.319 e. The molecule has 5 N–H and O–H groups in total. The van der Waals surface area contributed by atoms with Gasteiger partial charge < -0.3 is 26.0 Å². The fraction of sp³-hybridized carbons (Fsp3) is 0.182. The van der Waals surface area contributed by atoms with E-state index in [0.29, 0.717) is 24.2 Å². The zero-order valence-corrected chi connectivity index (χ0v) is 15.9. The van der Waals surface area contributed by atoms with Gasteiger partial charge in [0.25, 0.3) is 5.91 Å². The van der Waals surface area contributed by atoms with Crippen molar-refractivity contribution in [1.29, 1.82) is 0 Å². The summed E-state index contributed by atoms with van der Waals surface area (Å²) in [7, 11) is 0. The number of aliphatic hydroxyl groups excluding tert-OH is 1. The Morgan fingerprint density at radius 2 is 1.90 bits per heavy atom. The van der Waals surface area contributed by atoms with Crippen molar-refractivity contribution >= 4 is 28.5 Å². The molecule has 3 aromatic rings. The van der Waals surface area contributed by atoms with Crippen LogP contribution in [0.15, 0.2) is 67.4 Å². The van der Waals surface area contributed by atoms with E-state index in [-0.39, 0.29) is 12.5 Å². The quantitative estimate of drug-likeness (QED) is 0.381. The molecule has 7 heteroatoms. The highest BCUT2D eigenvalue weighted by atomic mass is 16.3. The molecule has 1 heterocycles. The van der Waals surface area contributed by atoms with E-state index in [9.17, 15) is 14.7 Å². The monoisotopic (exact) mass is 392 g/mol. The van der Waals surface area contributed by atoms with Crippen LogP contribution in [0.2, 0.25) is 0 Å². The summed E-state index contributed by atoms with van der Waals surface area (Å²) in [5.74, 6) is -0.208. The van der Waals surface area contributed by atoms with Crippen molar-refractivity contribution in [2.24, 2.45) is 0 Å². The van der Waals surface area contributed by atoms with E-state index in [2.05, 4.69) is 27.5 Å². The normalized spacial score (nSPS) is 11.6. The number of carbonyl (C=O) groups excluding carboxylic acids is 2. The molecule has 150 valence electrons. The number of hydrogen-bond acceptors (Lipinski definition) is 3. The highest BCUT2D eigenvalue weighted by Gasteiger charge is 2.15. The predicted octanol–water partition coefficient (Wildman–Crippen LogP) is 2.81. The molecule has 0 bridgehead atoms. The van der Waals surface area contributed by atoms with Crippen LogP contribution in [0, 0.1) is 0 Å². The summed E-state index contributed by atoms with van der Waals surface area (Å²) in [5, 5.41) is 18.9. The zero-order valence-electron chi connectivity index (χ0n) is 15.9. The molecule has 1 aromatic heterocycles. The molecule has 0 aliphatic heterocycles. The van der Waals surface area contributed by atoms with Gasteiger partial charge in [0.2, 0.25) is 0 Å². The number of aromatic nitrogens is 1. The van der Waals surface area contributed by atoms with Crippen molar-refractivity contribution in [3.05, 3.63) is 78.5 Å². The Kier molecular flexibility index (Phi) is 6.65. The molecule has 3 rings (SSSR count). The van der Waals surface area contributed by atoms with Crippen LogP contribution in [0.5, 0.6) is 0 Å². The number of aliphatic hydroxyl groups is 1. The van der Waals surface area contributed by atoms with Gasteiger partial charge in [-0.3, -0.25) is 4.79 Å². The van der Waals surface area contributed by atoms with E-state index in [1.54, 1.807) is 30.3 Å². The fourth-order valence-corrected chi connectivity index (χ4v) is 3.05. The topological polar surface area (TPSA) is 106 Å². The summed E-state index contributed by atoms with van der Waals surface area (Å²) in [6.07, 6.45) is 3.99. The third-order valence-electron chi connectivity index (χ3n) is 4.51. The van der Waals surface area contributed by atoms with Crippen LogP contribution in [-0.4, -0.2) is 41.2 Å². The summed E-state index contributed by atoms with van der Waals surface area (Å²) >= 11 is 0. The highest BCUT2D eigenvalue weighted by molar-refractivity contribution is 5.95. The second-order valence-electron chi connectivity index (χ2n) is 6.62. The second kappa shape index (κ2) is 9.57. The number of aromatic amines is 1. The fourth-order valence-electron chi connectivity index (χ4n) is 3.05. The Morgan fingerprint density at radius 1 is 1.14 bits per heavy atom. The van der Waals surface area contributed by atoms with E-state index in [1.165, 1.54) is 0 Å². The van der Waals surface area contributed by atoms with Crippen molar-refractivity contribution < 1.29 is 14.7 Å². The van der Waals surface area contributed by atoms with Gasteiger partial charge in [-0.2, -0.15) is 0 Å². The number of amides is 3. The number of anilines is 1. The van der Waals surface area contributed by atoms with Crippen LogP contribution in [0.25, 0.3) is 10.9 Å². The van der Waals surface area contributed by atoms with E-state index in [4.69, 9.17) is 0 Å². The first-order valence-electron chi connectivity index (χ1n) is 9.33. The van der Waals surface area contributed by atoms with Gasteiger partial charge in [0.15, 0.2) is 0 Å². The summed E-state index contributed by atoms with van der Waals surface area (Å²) in [4.78, 5) is 27.4. The molecule has 0 saturated heterocycles. The molecule has 0 spiro atoms. The van der Waals surface area contributed by atoms with Crippen LogP contribution in [0.3, 0.4) is 0 Å². The minimum atomic E-state index is -0.432. The Labute approximate surface area is 168 Å². The van der Waals surface area contributed by atoms with Gasteiger partial charge in [0.05, 0.1) is 12.6 Å². The molecule has 1 atom stereocenters. The number of fused-ring (bicyclic) bond motifs is 1. The molecule has 29 heavy (non-hydrogen) atoms. The van der Waals surface area contributed by atoms with Gasteiger partial charge in [-0.1, -0.05) is 24.3 Å². The Morgan fingerprint density at radius 3 is 2.62 bits per heavy atom. The van der Waals surface area contributed by atoms with Crippen LogP contribution in [0.1, 0.15) is 15.9 Å². The van der Waals surface area contributed by atoms with E-state index in [1.807, 2.05) is 30.5 Å². The molecule has 0 saturated carbocycles. The van der Waals surface area contributed by atoms with Crippen molar-refractivity contribution in [2.45, 2.75) is 12.5 Å². The first-order valence-corrected chi connectivity index (χ1v) is 9.33. The highest BCUT2D eigenvalue weighted by Crippen LogP contribution is 2.19. The third kappa shape index (κ3) is 5.24. The molecule has 1 unspecified atom stereocenters. The lowest BCUT2D eigenvalue weighted by atomic mass is 10.1. The molecular formula is C22H24N4O3. The van der Waals surface area contributed by atoms with E-state index < -0.39 is 12.1 Å². The van der Waals surface area contributed by atoms with Gasteiger partial charge in [0, 0.05) is 34.9 Å². The van der Waals surface area contributed by atoms with Gasteiger partial charge in [0.1, 0.15) is 0 Å². The average molecular weight is 392 g/mol. The number of carbonyl (C=O) groups is 2. The number of benzene rings is 2. The Hall–Kier alpha value is -3.58. The molecule has 3 amide bonds. The van der Waals surface area contributed by atoms with Crippen LogP contribution in [-0.2, 0) is 6.42 Å². The average Bonchev–Trinajstić information content (AvgIpc) is 3.15. The SMILES string of the molecule is C=CCNC(=O)c1ccc(NC(=O)NC(CO)Cc2c[nH]c3ccccc23)cc1. The molecule has 2 aromatic carbocycles. The maximum atomic E-state index is 12.3. The van der Waals surface area contributed by atoms with Crippen LogP contribution < -0.4 is 16.0 Å². The van der Waals surface area contributed by atoms with Crippen molar-refractivity contribution in [2.75, 3.05) is 18.5 Å². The molecule has 0 aliphatic rings. The minimum Gasteiger partial charge on any atom is -0.394 e. The number of hydrogen-bond donors (Lipinski definition) is 5. The number of urea groups is 1. The summed E-state index contributed by atoms with van der Waals surface area (Å²) in [5.41, 5.74) is 3.08. The first kappa shape index (κ1) is 20.2. The van der Waals surface area contributed by atoms with Crippen molar-refractivity contribution in [3.63, 3.8) is 0 Å². The van der Waals surface area contributed by atoms with Crippen molar-refractivity contribution in [1.82, 2.24) is 15.6 Å². The lowest BCUT2D eigenvalue weighted by Crippen LogP contribution is -2.41. The predicted molar refractivity (Wildman–Crippen MR) is 114 cm³/mol. The lowest BCUT2D eigenvalue weighted by molar-refractivity contribution is 0.0958. The second-order valence-corrected chi connectivity index (χ2v) is 6.62. The molecular weight excluding hydrogens is 368 g/mol. The largest absolute Gasteiger partial charge is 0.394 e. The third-order valence-corrected chi connectivity index (χ3v) is 4.51.